The Labute approximate surface area is 113 Å². The smallest absolute Gasteiger partial charge is 0.136 e. The minimum absolute atomic E-state index is 0.317. The van der Waals surface area contributed by atoms with Gasteiger partial charge in [0.15, 0.2) is 0 Å². The van der Waals surface area contributed by atoms with Crippen molar-refractivity contribution < 1.29 is 5.11 Å². The molecule has 2 aromatic rings. The molecule has 1 saturated heterocycles. The van der Waals surface area contributed by atoms with Gasteiger partial charge in [-0.3, -0.25) is 0 Å². The number of anilines is 1. The molecular formula is C16H20N2O. The highest BCUT2D eigenvalue weighted by Crippen LogP contribution is 2.28. The van der Waals surface area contributed by atoms with Crippen LogP contribution < -0.4 is 4.90 Å². The molecule has 1 aliphatic rings. The molecule has 100 valence electrons. The molecule has 1 N–H and O–H groups in total. The van der Waals surface area contributed by atoms with E-state index in [9.17, 15) is 0 Å². The van der Waals surface area contributed by atoms with E-state index in [2.05, 4.69) is 40.2 Å². The zero-order valence-electron chi connectivity index (χ0n) is 11.1. The van der Waals surface area contributed by atoms with Crippen LogP contribution in [0.1, 0.15) is 19.3 Å². The summed E-state index contributed by atoms with van der Waals surface area (Å²) in [4.78, 5) is 6.96. The maximum absolute atomic E-state index is 9.02. The predicted octanol–water partition coefficient (Wildman–Crippen LogP) is 2.83. The minimum atomic E-state index is 0.317. The predicted molar refractivity (Wildman–Crippen MR) is 78.4 cm³/mol. The van der Waals surface area contributed by atoms with Crippen LogP contribution in [0.5, 0.6) is 0 Å². The number of aromatic nitrogens is 1. The molecule has 0 atom stereocenters. The number of fused-ring (bicyclic) bond motifs is 1. The Hall–Kier alpha value is -1.61. The van der Waals surface area contributed by atoms with Gasteiger partial charge < -0.3 is 10.0 Å². The number of hydrogen-bond donors (Lipinski definition) is 1. The summed E-state index contributed by atoms with van der Waals surface area (Å²) in [6.07, 6.45) is 5.16. The van der Waals surface area contributed by atoms with E-state index in [1.165, 1.54) is 10.8 Å². The summed E-state index contributed by atoms with van der Waals surface area (Å²) in [6, 6.07) is 10.5. The SMILES string of the molecule is OCCC1CCN(c2nccc3ccccc23)CC1. The van der Waals surface area contributed by atoms with E-state index in [0.29, 0.717) is 12.5 Å². The molecule has 0 spiro atoms. The normalized spacial score (nSPS) is 17.0. The van der Waals surface area contributed by atoms with Crippen molar-refractivity contribution in [3.63, 3.8) is 0 Å². The van der Waals surface area contributed by atoms with E-state index in [1.54, 1.807) is 0 Å². The van der Waals surface area contributed by atoms with Gasteiger partial charge in [-0.2, -0.15) is 0 Å². The van der Waals surface area contributed by atoms with Crippen LogP contribution in [0.3, 0.4) is 0 Å². The first-order valence-corrected chi connectivity index (χ1v) is 7.08. The zero-order valence-corrected chi connectivity index (χ0v) is 11.1. The van der Waals surface area contributed by atoms with Gasteiger partial charge in [-0.1, -0.05) is 24.3 Å². The molecule has 3 heteroatoms. The average Bonchev–Trinajstić information content (AvgIpc) is 2.48. The van der Waals surface area contributed by atoms with Crippen molar-refractivity contribution in [3.05, 3.63) is 36.5 Å². The van der Waals surface area contributed by atoms with Gasteiger partial charge in [0.25, 0.3) is 0 Å². The Balaban J connectivity index is 1.82. The zero-order chi connectivity index (χ0) is 13.1. The molecule has 3 nitrogen and oxygen atoms in total. The van der Waals surface area contributed by atoms with Gasteiger partial charge in [-0.05, 0) is 36.6 Å². The Morgan fingerprint density at radius 2 is 1.95 bits per heavy atom. The molecule has 1 aromatic heterocycles. The molecule has 0 unspecified atom stereocenters. The molecule has 0 radical (unpaired) electrons. The number of aliphatic hydroxyl groups is 1. The summed E-state index contributed by atoms with van der Waals surface area (Å²) in [6.45, 7) is 2.41. The van der Waals surface area contributed by atoms with Crippen LogP contribution in [-0.2, 0) is 0 Å². The quantitative estimate of drug-likeness (QED) is 0.917. The van der Waals surface area contributed by atoms with Gasteiger partial charge in [0.2, 0.25) is 0 Å². The third-order valence-electron chi connectivity index (χ3n) is 4.10. The van der Waals surface area contributed by atoms with Crippen LogP contribution in [0.15, 0.2) is 36.5 Å². The van der Waals surface area contributed by atoms with Gasteiger partial charge in [0.1, 0.15) is 5.82 Å². The number of benzene rings is 1. The van der Waals surface area contributed by atoms with Crippen LogP contribution in [-0.4, -0.2) is 29.8 Å². The molecule has 2 heterocycles. The topological polar surface area (TPSA) is 36.4 Å². The van der Waals surface area contributed by atoms with Gasteiger partial charge >= 0.3 is 0 Å². The summed E-state index contributed by atoms with van der Waals surface area (Å²) >= 11 is 0. The van der Waals surface area contributed by atoms with Crippen LogP contribution in [0.2, 0.25) is 0 Å². The lowest BCUT2D eigenvalue weighted by molar-refractivity contribution is 0.240. The Kier molecular flexibility index (Phi) is 3.65. The fourth-order valence-corrected chi connectivity index (χ4v) is 2.97. The fourth-order valence-electron chi connectivity index (χ4n) is 2.97. The lowest BCUT2D eigenvalue weighted by Crippen LogP contribution is -2.34. The molecule has 3 rings (SSSR count). The average molecular weight is 256 g/mol. The number of rotatable bonds is 3. The molecule has 1 aromatic carbocycles. The largest absolute Gasteiger partial charge is 0.396 e. The molecule has 19 heavy (non-hydrogen) atoms. The maximum atomic E-state index is 9.02. The maximum Gasteiger partial charge on any atom is 0.136 e. The highest BCUT2D eigenvalue weighted by Gasteiger charge is 2.20. The standard InChI is InChI=1S/C16H20N2O/c19-12-8-13-6-10-18(11-7-13)16-15-4-2-1-3-14(15)5-9-17-16/h1-5,9,13,19H,6-8,10-12H2. The minimum Gasteiger partial charge on any atom is -0.396 e. The number of piperidine rings is 1. The molecule has 1 aliphatic heterocycles. The van der Waals surface area contributed by atoms with Crippen LogP contribution in [0.25, 0.3) is 10.8 Å². The van der Waals surface area contributed by atoms with E-state index >= 15 is 0 Å². The molecule has 0 saturated carbocycles. The van der Waals surface area contributed by atoms with Crippen molar-refractivity contribution in [2.45, 2.75) is 19.3 Å². The molecule has 1 fully saturated rings. The number of nitrogens with zero attached hydrogens (tertiary/aromatic N) is 2. The summed E-state index contributed by atoms with van der Waals surface area (Å²) in [7, 11) is 0. The van der Waals surface area contributed by atoms with Crippen LogP contribution >= 0.6 is 0 Å². The molecular weight excluding hydrogens is 236 g/mol. The van der Waals surface area contributed by atoms with Gasteiger partial charge in [0, 0.05) is 31.3 Å². The second kappa shape index (κ2) is 5.57. The number of pyridine rings is 1. The second-order valence-corrected chi connectivity index (χ2v) is 5.30. The third kappa shape index (κ3) is 2.56. The highest BCUT2D eigenvalue weighted by atomic mass is 16.3. The van der Waals surface area contributed by atoms with E-state index in [0.717, 1.165) is 38.2 Å². The third-order valence-corrected chi connectivity index (χ3v) is 4.10. The van der Waals surface area contributed by atoms with E-state index < -0.39 is 0 Å². The number of aliphatic hydroxyl groups excluding tert-OH is 1. The summed E-state index contributed by atoms with van der Waals surface area (Å²) in [5.41, 5.74) is 0. The van der Waals surface area contributed by atoms with Crippen molar-refractivity contribution in [1.29, 1.82) is 0 Å². The van der Waals surface area contributed by atoms with Gasteiger partial charge in [-0.15, -0.1) is 0 Å². The van der Waals surface area contributed by atoms with E-state index in [4.69, 9.17) is 5.11 Å². The van der Waals surface area contributed by atoms with E-state index in [-0.39, 0.29) is 0 Å². The van der Waals surface area contributed by atoms with Crippen molar-refractivity contribution in [2.75, 3.05) is 24.6 Å². The van der Waals surface area contributed by atoms with E-state index in [1.807, 2.05) is 6.20 Å². The summed E-state index contributed by atoms with van der Waals surface area (Å²) in [5.74, 6) is 1.79. The van der Waals surface area contributed by atoms with Crippen molar-refractivity contribution >= 4 is 16.6 Å². The Bertz CT molecular complexity index is 542. The van der Waals surface area contributed by atoms with Gasteiger partial charge in [0.05, 0.1) is 0 Å². The van der Waals surface area contributed by atoms with Crippen molar-refractivity contribution in [1.82, 2.24) is 4.98 Å². The lowest BCUT2D eigenvalue weighted by atomic mass is 9.94. The van der Waals surface area contributed by atoms with Gasteiger partial charge in [-0.25, -0.2) is 4.98 Å². The number of hydrogen-bond acceptors (Lipinski definition) is 3. The molecule has 0 amide bonds. The molecule has 0 aliphatic carbocycles. The Morgan fingerprint density at radius 1 is 1.16 bits per heavy atom. The van der Waals surface area contributed by atoms with Crippen molar-refractivity contribution in [2.24, 2.45) is 5.92 Å². The Morgan fingerprint density at radius 3 is 2.74 bits per heavy atom. The van der Waals surface area contributed by atoms with Crippen LogP contribution in [0, 0.1) is 5.92 Å². The first kappa shape index (κ1) is 12.4. The second-order valence-electron chi connectivity index (χ2n) is 5.30. The highest BCUT2D eigenvalue weighted by molar-refractivity contribution is 5.92. The lowest BCUT2D eigenvalue weighted by Gasteiger charge is -2.33. The fraction of sp³-hybridized carbons (Fsp3) is 0.438. The first-order valence-electron chi connectivity index (χ1n) is 7.08. The first-order chi connectivity index (χ1) is 9.38. The monoisotopic (exact) mass is 256 g/mol. The summed E-state index contributed by atoms with van der Waals surface area (Å²) < 4.78 is 0. The summed E-state index contributed by atoms with van der Waals surface area (Å²) in [5, 5.41) is 11.5. The van der Waals surface area contributed by atoms with Crippen LogP contribution in [0.4, 0.5) is 5.82 Å². The van der Waals surface area contributed by atoms with Crippen molar-refractivity contribution in [3.8, 4) is 0 Å². The molecule has 0 bridgehead atoms.